The molecule has 0 aromatic carbocycles. The number of carbonyl (C=O) groups is 4. The number of phosphoric acid groups is 2. The quantitative estimate of drug-likeness (QED) is 0.0222. The van der Waals surface area contributed by atoms with E-state index < -0.39 is 97.5 Å². The van der Waals surface area contributed by atoms with Crippen molar-refractivity contribution in [1.82, 2.24) is 0 Å². The summed E-state index contributed by atoms with van der Waals surface area (Å²) in [6.07, 6.45) is 77.9. The number of aliphatic hydroxyl groups excluding tert-OH is 1. The summed E-state index contributed by atoms with van der Waals surface area (Å²) in [4.78, 5) is 73.5. The van der Waals surface area contributed by atoms with E-state index in [0.29, 0.717) is 25.7 Å². The van der Waals surface area contributed by atoms with Gasteiger partial charge in [-0.25, -0.2) is 9.13 Å². The Morgan fingerprint density at radius 3 is 0.673 bits per heavy atom. The highest BCUT2D eigenvalue weighted by Crippen LogP contribution is 2.45. The molecule has 3 N–H and O–H groups in total. The van der Waals surface area contributed by atoms with Crippen LogP contribution in [0.3, 0.4) is 0 Å². The molecule has 0 fully saturated rings. The lowest BCUT2D eigenvalue weighted by atomic mass is 9.99. The molecule has 17 nitrogen and oxygen atoms in total. The van der Waals surface area contributed by atoms with E-state index in [0.717, 1.165) is 108 Å². The monoisotopic (exact) mass is 1650 g/mol. The lowest BCUT2D eigenvalue weighted by Gasteiger charge is -2.21. The van der Waals surface area contributed by atoms with Crippen molar-refractivity contribution < 1.29 is 80.2 Å². The fraction of sp³-hybridized carbons (Fsp3) is 0.957. The molecule has 0 aliphatic rings. The predicted molar refractivity (Wildman–Crippen MR) is 469 cm³/mol. The molecule has 0 rings (SSSR count). The molecule has 0 saturated heterocycles. The molecular weight excluding hydrogens is 1460 g/mol. The summed E-state index contributed by atoms with van der Waals surface area (Å²) in [6.45, 7) is 12.1. The van der Waals surface area contributed by atoms with Gasteiger partial charge in [0, 0.05) is 25.7 Å². The first-order valence-electron chi connectivity index (χ1n) is 48.4. The second-order valence-electron chi connectivity index (χ2n) is 35.0. The van der Waals surface area contributed by atoms with Gasteiger partial charge in [-0.15, -0.1) is 0 Å². The third-order valence-electron chi connectivity index (χ3n) is 22.5. The Balaban J connectivity index is 5.24. The smallest absolute Gasteiger partial charge is 0.462 e. The second kappa shape index (κ2) is 83.7. The lowest BCUT2D eigenvalue weighted by molar-refractivity contribution is -0.161. The van der Waals surface area contributed by atoms with Crippen molar-refractivity contribution in [1.29, 1.82) is 0 Å². The maximum atomic E-state index is 13.2. The van der Waals surface area contributed by atoms with Crippen molar-refractivity contribution in [3.8, 4) is 0 Å². The standard InChI is InChI=1S/C94H184O17P2/c1-8-10-11-12-13-14-15-16-17-18-25-31-36-41-48-56-63-70-78-94(99)111-90(82-105-92(97)76-69-62-55-50-43-45-52-59-66-73-86(5)6)84-109-113(102,103)107-80-88(95)79-106-112(100,101)108-83-89(81-104-91(96)75-68-61-54-47-40-35-30-26-21-19-23-28-33-38-44-51-58-65-72-85(3)4)110-93(98)77-71-64-57-49-42-37-32-27-22-20-24-29-34-39-46-53-60-67-74-87(7)9-2/h85-90,95H,8-84H2,1-7H3,(H,100,101)(H,102,103)/t87?,88-,89-,90-/m1/s1. The number of aliphatic hydroxyl groups is 1. The maximum Gasteiger partial charge on any atom is 0.472 e. The summed E-state index contributed by atoms with van der Waals surface area (Å²) in [5.41, 5.74) is 0. The number of rotatable bonds is 92. The average molecular weight is 1650 g/mol. The van der Waals surface area contributed by atoms with Crippen LogP contribution in [0.4, 0.5) is 0 Å². The lowest BCUT2D eigenvalue weighted by Crippen LogP contribution is -2.30. The summed E-state index contributed by atoms with van der Waals surface area (Å²) in [5, 5.41) is 10.7. The highest BCUT2D eigenvalue weighted by Gasteiger charge is 2.31. The minimum Gasteiger partial charge on any atom is -0.462 e. The van der Waals surface area contributed by atoms with E-state index in [2.05, 4.69) is 48.5 Å². The molecule has 3 unspecified atom stereocenters. The maximum absolute atomic E-state index is 13.2. The average Bonchev–Trinajstić information content (AvgIpc) is 0.894. The fourth-order valence-corrected chi connectivity index (χ4v) is 16.3. The van der Waals surface area contributed by atoms with Gasteiger partial charge in [0.25, 0.3) is 0 Å². The van der Waals surface area contributed by atoms with Gasteiger partial charge < -0.3 is 33.8 Å². The molecule has 113 heavy (non-hydrogen) atoms. The van der Waals surface area contributed by atoms with Crippen molar-refractivity contribution >= 4 is 39.5 Å². The topological polar surface area (TPSA) is 237 Å². The van der Waals surface area contributed by atoms with E-state index >= 15 is 0 Å². The molecule has 0 spiro atoms. The first kappa shape index (κ1) is 111. The van der Waals surface area contributed by atoms with Crippen molar-refractivity contribution in [2.75, 3.05) is 39.6 Å². The number of phosphoric ester groups is 2. The van der Waals surface area contributed by atoms with Crippen LogP contribution in [-0.4, -0.2) is 96.7 Å². The number of hydrogen-bond acceptors (Lipinski definition) is 15. The van der Waals surface area contributed by atoms with Crippen LogP contribution in [0.5, 0.6) is 0 Å². The summed E-state index contributed by atoms with van der Waals surface area (Å²) >= 11 is 0. The molecule has 0 aliphatic carbocycles. The minimum absolute atomic E-state index is 0.108. The number of ether oxygens (including phenoxy) is 4. The van der Waals surface area contributed by atoms with Gasteiger partial charge in [-0.1, -0.05) is 453 Å². The van der Waals surface area contributed by atoms with E-state index in [1.165, 1.54) is 315 Å². The molecule has 0 radical (unpaired) electrons. The Morgan fingerprint density at radius 2 is 0.451 bits per heavy atom. The molecular formula is C94H184O17P2. The van der Waals surface area contributed by atoms with Crippen molar-refractivity contribution in [3.63, 3.8) is 0 Å². The Hall–Kier alpha value is -1.94. The molecule has 0 aromatic heterocycles. The highest BCUT2D eigenvalue weighted by atomic mass is 31.2. The fourth-order valence-electron chi connectivity index (χ4n) is 14.8. The SMILES string of the molecule is CCCCCCCCCCCCCCCCCCCCC(=O)O[C@H](COC(=O)CCCCCCCCCCCC(C)C)COP(=O)(O)OC[C@H](O)COP(=O)(O)OC[C@@H](COC(=O)CCCCCCCCCCCCCCCCCCCCC(C)C)OC(=O)CCCCCCCCCCCCCCCCCCCCC(C)CC. The predicted octanol–water partition coefficient (Wildman–Crippen LogP) is 29.2. The van der Waals surface area contributed by atoms with E-state index in [9.17, 15) is 43.2 Å². The largest absolute Gasteiger partial charge is 0.472 e. The van der Waals surface area contributed by atoms with Crippen LogP contribution in [-0.2, 0) is 65.4 Å². The van der Waals surface area contributed by atoms with E-state index in [4.69, 9.17) is 37.0 Å². The third kappa shape index (κ3) is 86.3. The summed E-state index contributed by atoms with van der Waals surface area (Å²) in [5.74, 6) is 0.343. The Labute approximate surface area is 696 Å². The normalized spacial score (nSPS) is 14.0. The van der Waals surface area contributed by atoms with E-state index in [1.54, 1.807) is 0 Å². The molecule has 0 bridgehead atoms. The molecule has 0 saturated carbocycles. The van der Waals surface area contributed by atoms with Crippen LogP contribution in [0, 0.1) is 17.8 Å². The van der Waals surface area contributed by atoms with Crippen LogP contribution in [0.2, 0.25) is 0 Å². The third-order valence-corrected chi connectivity index (χ3v) is 24.4. The zero-order valence-corrected chi connectivity index (χ0v) is 76.7. The molecule has 672 valence electrons. The molecule has 0 aliphatic heterocycles. The van der Waals surface area contributed by atoms with Crippen molar-refractivity contribution in [2.45, 2.75) is 523 Å². The van der Waals surface area contributed by atoms with Gasteiger partial charge in [-0.2, -0.15) is 0 Å². The van der Waals surface area contributed by atoms with Crippen LogP contribution >= 0.6 is 15.6 Å². The number of hydrogen-bond donors (Lipinski definition) is 3. The van der Waals surface area contributed by atoms with E-state index in [-0.39, 0.29) is 25.7 Å². The van der Waals surface area contributed by atoms with Crippen LogP contribution < -0.4 is 0 Å². The van der Waals surface area contributed by atoms with Gasteiger partial charge in [0.05, 0.1) is 26.4 Å². The molecule has 0 heterocycles. The summed E-state index contributed by atoms with van der Waals surface area (Å²) < 4.78 is 69.2. The number of esters is 4. The Kier molecular flexibility index (Phi) is 82.3. The molecule has 19 heteroatoms. The minimum atomic E-state index is -4.97. The van der Waals surface area contributed by atoms with Gasteiger partial charge in [0.1, 0.15) is 19.3 Å². The number of carbonyl (C=O) groups excluding carboxylic acids is 4. The molecule has 6 atom stereocenters. The van der Waals surface area contributed by atoms with E-state index in [1.807, 2.05) is 0 Å². The van der Waals surface area contributed by atoms with Gasteiger partial charge in [-0.05, 0) is 43.4 Å². The van der Waals surface area contributed by atoms with Crippen molar-refractivity contribution in [2.24, 2.45) is 17.8 Å². The molecule has 0 amide bonds. The summed E-state index contributed by atoms with van der Waals surface area (Å²) in [6, 6.07) is 0. The number of unbranched alkanes of at least 4 members (excludes halogenated alkanes) is 59. The Morgan fingerprint density at radius 1 is 0.257 bits per heavy atom. The van der Waals surface area contributed by atoms with Gasteiger partial charge in [-0.3, -0.25) is 37.3 Å². The summed E-state index contributed by atoms with van der Waals surface area (Å²) in [7, 11) is -9.94. The van der Waals surface area contributed by atoms with Crippen LogP contribution in [0.1, 0.15) is 504 Å². The van der Waals surface area contributed by atoms with Crippen LogP contribution in [0.25, 0.3) is 0 Å². The van der Waals surface area contributed by atoms with Gasteiger partial charge >= 0.3 is 39.5 Å². The van der Waals surface area contributed by atoms with Gasteiger partial charge in [0.2, 0.25) is 0 Å². The van der Waals surface area contributed by atoms with Crippen molar-refractivity contribution in [3.05, 3.63) is 0 Å². The first-order valence-corrected chi connectivity index (χ1v) is 51.4. The molecule has 0 aromatic rings. The Bertz CT molecular complexity index is 2170. The van der Waals surface area contributed by atoms with Crippen LogP contribution in [0.15, 0.2) is 0 Å². The van der Waals surface area contributed by atoms with Gasteiger partial charge in [0.15, 0.2) is 12.2 Å². The first-order chi connectivity index (χ1) is 54.8. The highest BCUT2D eigenvalue weighted by molar-refractivity contribution is 7.47. The zero-order valence-electron chi connectivity index (χ0n) is 74.9. The zero-order chi connectivity index (χ0) is 82.9. The second-order valence-corrected chi connectivity index (χ2v) is 37.9.